The molecule has 2 amide bonds. The van der Waals surface area contributed by atoms with Crippen molar-refractivity contribution >= 4 is 22.0 Å². The van der Waals surface area contributed by atoms with Gasteiger partial charge in [-0.05, 0) is 24.1 Å². The molecule has 0 aliphatic rings. The van der Waals surface area contributed by atoms with Crippen molar-refractivity contribution < 1.29 is 14.3 Å². The minimum Gasteiger partial charge on any atom is -0.354 e. The summed E-state index contributed by atoms with van der Waals surface area (Å²) in [6.07, 6.45) is 0.371. The normalized spacial score (nSPS) is 10.5. The smallest absolute Gasteiger partial charge is 0.314 e. The van der Waals surface area contributed by atoms with Gasteiger partial charge < -0.3 is 20.1 Å². The molecule has 0 saturated heterocycles. The Morgan fingerprint density at radius 2 is 1.84 bits per heavy atom. The molecule has 1 aromatic carbocycles. The molecular formula is C13H19BrN2O3. The maximum absolute atomic E-state index is 11.5. The van der Waals surface area contributed by atoms with E-state index in [1.807, 2.05) is 24.3 Å². The first-order chi connectivity index (χ1) is 9.15. The zero-order valence-electron chi connectivity index (χ0n) is 11.1. The number of rotatable bonds is 7. The number of amides is 2. The van der Waals surface area contributed by atoms with E-state index in [9.17, 15) is 4.79 Å². The second-order valence-corrected chi connectivity index (χ2v) is 4.83. The Balaban J connectivity index is 2.18. The van der Waals surface area contributed by atoms with Crippen molar-refractivity contribution in [2.24, 2.45) is 0 Å². The highest BCUT2D eigenvalue weighted by Crippen LogP contribution is 2.10. The topological polar surface area (TPSA) is 59.6 Å². The molecular weight excluding hydrogens is 312 g/mol. The van der Waals surface area contributed by atoms with E-state index in [2.05, 4.69) is 26.6 Å². The summed E-state index contributed by atoms with van der Waals surface area (Å²) >= 11 is 3.38. The van der Waals surface area contributed by atoms with E-state index >= 15 is 0 Å². The minimum atomic E-state index is -0.419. The molecule has 1 rings (SSSR count). The van der Waals surface area contributed by atoms with Gasteiger partial charge in [0.1, 0.15) is 0 Å². The molecule has 0 saturated carbocycles. The van der Waals surface area contributed by atoms with Gasteiger partial charge in [0.05, 0.1) is 6.54 Å². The van der Waals surface area contributed by atoms with E-state index in [4.69, 9.17) is 9.47 Å². The number of hydrogen-bond acceptors (Lipinski definition) is 3. The number of ether oxygens (including phenoxy) is 2. The van der Waals surface area contributed by atoms with Gasteiger partial charge in [0, 0.05) is 25.2 Å². The molecule has 0 aromatic heterocycles. The zero-order chi connectivity index (χ0) is 14.1. The lowest BCUT2D eigenvalue weighted by Gasteiger charge is -2.14. The Bertz CT molecular complexity index is 380. The number of nitrogens with one attached hydrogen (secondary N) is 2. The molecule has 0 fully saturated rings. The van der Waals surface area contributed by atoms with Gasteiger partial charge in [0.25, 0.3) is 0 Å². The molecule has 1 aromatic rings. The Morgan fingerprint density at radius 1 is 1.21 bits per heavy atom. The number of halogens is 1. The third kappa shape index (κ3) is 6.56. The lowest BCUT2D eigenvalue weighted by molar-refractivity contribution is -0.0971. The number of benzene rings is 1. The molecule has 6 heteroatoms. The molecule has 0 aliphatic heterocycles. The maximum atomic E-state index is 11.5. The summed E-state index contributed by atoms with van der Waals surface area (Å²) in [6.45, 7) is 0.898. The van der Waals surface area contributed by atoms with Crippen molar-refractivity contribution in [3.05, 3.63) is 34.3 Å². The summed E-state index contributed by atoms with van der Waals surface area (Å²) in [6, 6.07) is 7.79. The average Bonchev–Trinajstić information content (AvgIpc) is 2.42. The van der Waals surface area contributed by atoms with Gasteiger partial charge in [-0.1, -0.05) is 28.1 Å². The van der Waals surface area contributed by atoms with Crippen LogP contribution in [0.1, 0.15) is 5.56 Å². The Labute approximate surface area is 121 Å². The second-order valence-electron chi connectivity index (χ2n) is 3.91. The molecule has 106 valence electrons. The van der Waals surface area contributed by atoms with Gasteiger partial charge in [-0.3, -0.25) is 0 Å². The van der Waals surface area contributed by atoms with Crippen LogP contribution in [0.5, 0.6) is 0 Å². The van der Waals surface area contributed by atoms with Crippen LogP contribution in [0.3, 0.4) is 0 Å². The summed E-state index contributed by atoms with van der Waals surface area (Å²) in [5, 5.41) is 5.45. The minimum absolute atomic E-state index is 0.226. The highest BCUT2D eigenvalue weighted by atomic mass is 79.9. The number of hydrogen-bond donors (Lipinski definition) is 2. The van der Waals surface area contributed by atoms with Crippen molar-refractivity contribution in [3.8, 4) is 0 Å². The van der Waals surface area contributed by atoms with Crippen molar-refractivity contribution in [1.29, 1.82) is 0 Å². The quantitative estimate of drug-likeness (QED) is 0.751. The van der Waals surface area contributed by atoms with E-state index in [1.165, 1.54) is 19.8 Å². The summed E-state index contributed by atoms with van der Waals surface area (Å²) in [4.78, 5) is 11.5. The fourth-order valence-corrected chi connectivity index (χ4v) is 1.74. The van der Waals surface area contributed by atoms with Crippen LogP contribution >= 0.6 is 15.9 Å². The molecule has 0 bridgehead atoms. The van der Waals surface area contributed by atoms with Crippen molar-refractivity contribution in [2.75, 3.05) is 27.3 Å². The molecule has 0 radical (unpaired) electrons. The monoisotopic (exact) mass is 330 g/mol. The van der Waals surface area contributed by atoms with Crippen LogP contribution in [-0.4, -0.2) is 39.6 Å². The maximum Gasteiger partial charge on any atom is 0.314 e. The van der Waals surface area contributed by atoms with Crippen molar-refractivity contribution in [2.45, 2.75) is 12.7 Å². The first-order valence-electron chi connectivity index (χ1n) is 5.97. The van der Waals surface area contributed by atoms with Gasteiger partial charge in [0.15, 0.2) is 6.29 Å². The van der Waals surface area contributed by atoms with E-state index in [-0.39, 0.29) is 6.03 Å². The van der Waals surface area contributed by atoms with E-state index in [1.54, 1.807) is 0 Å². The molecule has 0 aliphatic carbocycles. The van der Waals surface area contributed by atoms with Crippen LogP contribution in [0.25, 0.3) is 0 Å². The highest BCUT2D eigenvalue weighted by Gasteiger charge is 2.06. The van der Waals surface area contributed by atoms with Gasteiger partial charge in [-0.15, -0.1) is 0 Å². The standard InChI is InChI=1S/C13H19BrN2O3/c1-18-12(19-2)9-16-13(17)15-8-7-10-3-5-11(14)6-4-10/h3-6,12H,7-9H2,1-2H3,(H2,15,16,17). The summed E-state index contributed by atoms with van der Waals surface area (Å²) in [7, 11) is 3.06. The van der Waals surface area contributed by atoms with Gasteiger partial charge in [-0.25, -0.2) is 4.79 Å². The van der Waals surface area contributed by atoms with Gasteiger partial charge in [-0.2, -0.15) is 0 Å². The first kappa shape index (κ1) is 15.9. The third-order valence-corrected chi connectivity index (χ3v) is 3.10. The number of carbonyl (C=O) groups is 1. The fraction of sp³-hybridized carbons (Fsp3) is 0.462. The van der Waals surface area contributed by atoms with Crippen molar-refractivity contribution in [1.82, 2.24) is 10.6 Å². The van der Waals surface area contributed by atoms with Gasteiger partial charge in [0.2, 0.25) is 0 Å². The van der Waals surface area contributed by atoms with Crippen LogP contribution in [0.4, 0.5) is 4.79 Å². The Kier molecular flexibility index (Phi) is 7.47. The third-order valence-electron chi connectivity index (χ3n) is 2.57. The van der Waals surface area contributed by atoms with Crippen LogP contribution in [0.2, 0.25) is 0 Å². The van der Waals surface area contributed by atoms with Crippen LogP contribution in [0, 0.1) is 0 Å². The van der Waals surface area contributed by atoms with Gasteiger partial charge >= 0.3 is 6.03 Å². The molecule has 19 heavy (non-hydrogen) atoms. The van der Waals surface area contributed by atoms with Crippen molar-refractivity contribution in [3.63, 3.8) is 0 Å². The average molecular weight is 331 g/mol. The van der Waals surface area contributed by atoms with Crippen LogP contribution in [0.15, 0.2) is 28.7 Å². The number of carbonyl (C=O) groups excluding carboxylic acids is 1. The fourth-order valence-electron chi connectivity index (χ4n) is 1.47. The molecule has 0 atom stereocenters. The molecule has 5 nitrogen and oxygen atoms in total. The van der Waals surface area contributed by atoms with E-state index < -0.39 is 6.29 Å². The molecule has 2 N–H and O–H groups in total. The lowest BCUT2D eigenvalue weighted by Crippen LogP contribution is -2.41. The van der Waals surface area contributed by atoms with Crippen LogP contribution < -0.4 is 10.6 Å². The Morgan fingerprint density at radius 3 is 2.42 bits per heavy atom. The molecule has 0 spiro atoms. The predicted molar refractivity (Wildman–Crippen MR) is 77.1 cm³/mol. The highest BCUT2D eigenvalue weighted by molar-refractivity contribution is 9.10. The first-order valence-corrected chi connectivity index (χ1v) is 6.76. The van der Waals surface area contributed by atoms with E-state index in [0.29, 0.717) is 13.1 Å². The molecule has 0 heterocycles. The zero-order valence-corrected chi connectivity index (χ0v) is 12.7. The largest absolute Gasteiger partial charge is 0.354 e. The summed E-state index contributed by atoms with van der Waals surface area (Å²) in [5.74, 6) is 0. The number of methoxy groups -OCH3 is 2. The Hall–Kier alpha value is -1.11. The van der Waals surface area contributed by atoms with Crippen LogP contribution in [-0.2, 0) is 15.9 Å². The summed E-state index contributed by atoms with van der Waals surface area (Å²) < 4.78 is 11.0. The number of urea groups is 1. The second kappa shape index (κ2) is 8.90. The lowest BCUT2D eigenvalue weighted by atomic mass is 10.1. The SMILES string of the molecule is COC(CNC(=O)NCCc1ccc(Br)cc1)OC. The molecule has 0 unspecified atom stereocenters. The predicted octanol–water partition coefficient (Wildman–Crippen LogP) is 1.91. The van der Waals surface area contributed by atoms with E-state index in [0.717, 1.165) is 10.9 Å². The summed E-state index contributed by atoms with van der Waals surface area (Å²) in [5.41, 5.74) is 1.18.